The van der Waals surface area contributed by atoms with E-state index >= 15 is 0 Å². The van der Waals surface area contributed by atoms with Gasteiger partial charge in [-0.3, -0.25) is 0 Å². The molecule has 0 saturated heterocycles. The first kappa shape index (κ1) is 14.2. The Labute approximate surface area is 127 Å². The first-order valence-corrected chi connectivity index (χ1v) is 7.91. The van der Waals surface area contributed by atoms with E-state index in [-0.39, 0.29) is 11.9 Å². The van der Waals surface area contributed by atoms with Crippen molar-refractivity contribution in [1.29, 1.82) is 0 Å². The van der Waals surface area contributed by atoms with E-state index in [1.54, 1.807) is 23.5 Å². The largest absolute Gasteiger partial charge is 0.310 e. The lowest BCUT2D eigenvalue weighted by Crippen LogP contribution is -2.23. The van der Waals surface area contributed by atoms with Crippen molar-refractivity contribution < 1.29 is 4.39 Å². The third-order valence-electron chi connectivity index (χ3n) is 3.42. The molecule has 0 bridgehead atoms. The minimum atomic E-state index is -0.195. The van der Waals surface area contributed by atoms with Gasteiger partial charge in [-0.25, -0.2) is 9.37 Å². The number of aromatic nitrogens is 1. The van der Waals surface area contributed by atoms with Crippen molar-refractivity contribution in [3.8, 4) is 0 Å². The fourth-order valence-electron chi connectivity index (χ4n) is 2.46. The van der Waals surface area contributed by atoms with Crippen LogP contribution in [0.5, 0.6) is 0 Å². The zero-order chi connectivity index (χ0) is 14.7. The van der Waals surface area contributed by atoms with Crippen LogP contribution in [-0.4, -0.2) is 11.5 Å². The smallest absolute Gasteiger partial charge is 0.123 e. The van der Waals surface area contributed by atoms with E-state index in [1.165, 1.54) is 10.8 Å². The Balaban J connectivity index is 1.87. The summed E-state index contributed by atoms with van der Waals surface area (Å²) in [5, 5.41) is 4.49. The highest BCUT2D eigenvalue weighted by Gasteiger charge is 2.14. The van der Waals surface area contributed by atoms with Crippen LogP contribution in [-0.2, 0) is 6.42 Å². The molecule has 1 aromatic heterocycles. The molecule has 1 heterocycles. The van der Waals surface area contributed by atoms with Crippen molar-refractivity contribution in [3.05, 3.63) is 64.9 Å². The zero-order valence-corrected chi connectivity index (χ0v) is 12.7. The summed E-state index contributed by atoms with van der Waals surface area (Å²) in [6, 6.07) is 15.0. The second-order valence-corrected chi connectivity index (χ2v) is 6.06. The van der Waals surface area contributed by atoms with Crippen LogP contribution in [0.2, 0.25) is 0 Å². The third kappa shape index (κ3) is 3.28. The van der Waals surface area contributed by atoms with Gasteiger partial charge in [-0.2, -0.15) is 0 Å². The number of nitrogens with one attached hydrogen (secondary N) is 1. The molecule has 1 N–H and O–H groups in total. The van der Waals surface area contributed by atoms with Gasteiger partial charge in [0.25, 0.3) is 0 Å². The summed E-state index contributed by atoms with van der Waals surface area (Å²) in [7, 11) is 0. The van der Waals surface area contributed by atoms with Gasteiger partial charge in [0.2, 0.25) is 0 Å². The van der Waals surface area contributed by atoms with Crippen LogP contribution < -0.4 is 5.32 Å². The zero-order valence-electron chi connectivity index (χ0n) is 11.8. The second-order valence-electron chi connectivity index (χ2n) is 4.94. The quantitative estimate of drug-likeness (QED) is 0.758. The van der Waals surface area contributed by atoms with Crippen LogP contribution in [0.3, 0.4) is 0 Å². The Hall–Kier alpha value is -1.78. The molecule has 0 radical (unpaired) electrons. The normalized spacial score (nSPS) is 12.7. The second kappa shape index (κ2) is 6.33. The standard InChI is InChI=1S/C17H17FN2S/c1-2-19-15(12-6-5-7-13(18)10-12)11-17-20-14-8-3-4-9-16(14)21-17/h3-10,15,19H,2,11H2,1H3. The third-order valence-corrected chi connectivity index (χ3v) is 4.48. The van der Waals surface area contributed by atoms with Gasteiger partial charge >= 0.3 is 0 Å². The molecule has 21 heavy (non-hydrogen) atoms. The summed E-state index contributed by atoms with van der Waals surface area (Å²) in [6.07, 6.45) is 0.774. The van der Waals surface area contributed by atoms with Crippen molar-refractivity contribution in [2.24, 2.45) is 0 Å². The maximum Gasteiger partial charge on any atom is 0.123 e. The van der Waals surface area contributed by atoms with E-state index in [0.717, 1.165) is 29.1 Å². The number of para-hydroxylation sites is 1. The first-order chi connectivity index (χ1) is 10.3. The van der Waals surface area contributed by atoms with E-state index in [4.69, 9.17) is 0 Å². The number of thiazole rings is 1. The number of rotatable bonds is 5. The molecule has 3 rings (SSSR count). The van der Waals surface area contributed by atoms with Crippen molar-refractivity contribution in [1.82, 2.24) is 10.3 Å². The fourth-order valence-corrected chi connectivity index (χ4v) is 3.47. The summed E-state index contributed by atoms with van der Waals surface area (Å²) in [6.45, 7) is 2.90. The van der Waals surface area contributed by atoms with E-state index < -0.39 is 0 Å². The van der Waals surface area contributed by atoms with E-state index in [2.05, 4.69) is 23.3 Å². The Kier molecular flexibility index (Phi) is 4.27. The van der Waals surface area contributed by atoms with E-state index in [9.17, 15) is 4.39 Å². The predicted octanol–water partition coefficient (Wildman–Crippen LogP) is 4.33. The maximum atomic E-state index is 13.4. The molecule has 0 aliphatic heterocycles. The van der Waals surface area contributed by atoms with Crippen molar-refractivity contribution >= 4 is 21.6 Å². The lowest BCUT2D eigenvalue weighted by molar-refractivity contribution is 0.542. The molecular weight excluding hydrogens is 283 g/mol. The van der Waals surface area contributed by atoms with Crippen LogP contribution >= 0.6 is 11.3 Å². The fraction of sp³-hybridized carbons (Fsp3) is 0.235. The van der Waals surface area contributed by atoms with Gasteiger partial charge < -0.3 is 5.32 Å². The number of likely N-dealkylation sites (N-methyl/N-ethyl adjacent to an activating group) is 1. The maximum absolute atomic E-state index is 13.4. The predicted molar refractivity (Wildman–Crippen MR) is 86.1 cm³/mol. The van der Waals surface area contributed by atoms with Crippen LogP contribution in [0.1, 0.15) is 23.5 Å². The summed E-state index contributed by atoms with van der Waals surface area (Å²) in [5.41, 5.74) is 2.00. The highest BCUT2D eigenvalue weighted by Crippen LogP contribution is 2.26. The van der Waals surface area contributed by atoms with Gasteiger partial charge in [-0.15, -0.1) is 11.3 Å². The minimum Gasteiger partial charge on any atom is -0.310 e. The number of hydrogen-bond donors (Lipinski definition) is 1. The van der Waals surface area contributed by atoms with E-state index in [0.29, 0.717) is 0 Å². The van der Waals surface area contributed by atoms with Gasteiger partial charge in [0.15, 0.2) is 0 Å². The number of halogens is 1. The number of nitrogens with zero attached hydrogens (tertiary/aromatic N) is 1. The van der Waals surface area contributed by atoms with Gasteiger partial charge in [0, 0.05) is 12.5 Å². The molecular formula is C17H17FN2S. The Morgan fingerprint density at radius 3 is 2.81 bits per heavy atom. The molecule has 0 aliphatic rings. The van der Waals surface area contributed by atoms with Gasteiger partial charge in [0.1, 0.15) is 5.82 Å². The lowest BCUT2D eigenvalue weighted by Gasteiger charge is -2.17. The average molecular weight is 300 g/mol. The van der Waals surface area contributed by atoms with Crippen molar-refractivity contribution in [2.45, 2.75) is 19.4 Å². The molecule has 1 unspecified atom stereocenters. The molecule has 108 valence electrons. The molecule has 0 fully saturated rings. The van der Waals surface area contributed by atoms with Crippen molar-refractivity contribution in [3.63, 3.8) is 0 Å². The SMILES string of the molecule is CCNC(Cc1nc2ccccc2s1)c1cccc(F)c1. The molecule has 0 aliphatic carbocycles. The summed E-state index contributed by atoms with van der Waals surface area (Å²) >= 11 is 1.71. The topological polar surface area (TPSA) is 24.9 Å². The number of hydrogen-bond acceptors (Lipinski definition) is 3. The molecule has 0 spiro atoms. The summed E-state index contributed by atoms with van der Waals surface area (Å²) in [4.78, 5) is 4.67. The van der Waals surface area contributed by atoms with Gasteiger partial charge in [0.05, 0.1) is 15.2 Å². The Bertz CT molecular complexity index is 705. The summed E-state index contributed by atoms with van der Waals surface area (Å²) < 4.78 is 14.6. The number of benzene rings is 2. The van der Waals surface area contributed by atoms with E-state index in [1.807, 2.05) is 24.3 Å². The molecule has 0 saturated carbocycles. The van der Waals surface area contributed by atoms with Gasteiger partial charge in [-0.1, -0.05) is 31.2 Å². The van der Waals surface area contributed by atoms with Crippen LogP contribution in [0, 0.1) is 5.82 Å². The monoisotopic (exact) mass is 300 g/mol. The molecule has 3 aromatic rings. The number of fused-ring (bicyclic) bond motifs is 1. The lowest BCUT2D eigenvalue weighted by atomic mass is 10.0. The highest BCUT2D eigenvalue weighted by atomic mass is 32.1. The molecule has 2 nitrogen and oxygen atoms in total. The van der Waals surface area contributed by atoms with Crippen LogP contribution in [0.15, 0.2) is 48.5 Å². The molecule has 2 aromatic carbocycles. The minimum absolute atomic E-state index is 0.0891. The molecule has 4 heteroatoms. The molecule has 0 amide bonds. The summed E-state index contributed by atoms with van der Waals surface area (Å²) in [5.74, 6) is -0.195. The van der Waals surface area contributed by atoms with Gasteiger partial charge in [-0.05, 0) is 36.4 Å². The highest BCUT2D eigenvalue weighted by molar-refractivity contribution is 7.18. The van der Waals surface area contributed by atoms with Crippen LogP contribution in [0.4, 0.5) is 4.39 Å². The Morgan fingerprint density at radius 1 is 1.19 bits per heavy atom. The Morgan fingerprint density at radius 2 is 2.05 bits per heavy atom. The average Bonchev–Trinajstić information content (AvgIpc) is 2.89. The molecule has 1 atom stereocenters. The van der Waals surface area contributed by atoms with Crippen LogP contribution in [0.25, 0.3) is 10.2 Å². The first-order valence-electron chi connectivity index (χ1n) is 7.09. The van der Waals surface area contributed by atoms with Crippen molar-refractivity contribution in [2.75, 3.05) is 6.54 Å².